The molecular weight excluding hydrogens is 408 g/mol. The third kappa shape index (κ3) is 4.21. The molecule has 3 aromatic rings. The molecule has 1 aliphatic heterocycles. The van der Waals surface area contributed by atoms with Crippen LogP contribution in [0.4, 0.5) is 0 Å². The summed E-state index contributed by atoms with van der Waals surface area (Å²) in [6.45, 7) is 4.47. The van der Waals surface area contributed by atoms with Crippen molar-refractivity contribution in [2.45, 2.75) is 32.7 Å². The average Bonchev–Trinajstić information content (AvgIpc) is 3.25. The third-order valence-corrected chi connectivity index (χ3v) is 5.67. The van der Waals surface area contributed by atoms with E-state index in [1.165, 1.54) is 0 Å². The summed E-state index contributed by atoms with van der Waals surface area (Å²) >= 11 is 0. The van der Waals surface area contributed by atoms with Crippen LogP contribution in [0, 0.1) is 5.41 Å². The van der Waals surface area contributed by atoms with Crippen LogP contribution in [0.2, 0.25) is 0 Å². The highest BCUT2D eigenvalue weighted by Gasteiger charge is 2.34. The van der Waals surface area contributed by atoms with Gasteiger partial charge in [0.2, 0.25) is 6.79 Å². The molecule has 1 aliphatic carbocycles. The highest BCUT2D eigenvalue weighted by Crippen LogP contribution is 2.40. The van der Waals surface area contributed by atoms with E-state index in [2.05, 4.69) is 29.1 Å². The van der Waals surface area contributed by atoms with E-state index in [-0.39, 0.29) is 30.8 Å². The minimum Gasteiger partial charge on any atom is -0.484 e. The number of hydrogen-bond acceptors (Lipinski definition) is 7. The molecule has 2 aromatic heterocycles. The van der Waals surface area contributed by atoms with Crippen molar-refractivity contribution in [2.24, 2.45) is 5.41 Å². The molecule has 164 valence electrons. The van der Waals surface area contributed by atoms with E-state index in [1.54, 1.807) is 30.6 Å². The molecule has 0 saturated carbocycles. The van der Waals surface area contributed by atoms with Crippen LogP contribution in [-0.2, 0) is 11.2 Å². The zero-order chi connectivity index (χ0) is 22.1. The summed E-state index contributed by atoms with van der Waals surface area (Å²) in [7, 11) is 0. The second-order valence-electron chi connectivity index (χ2n) is 8.80. The predicted molar refractivity (Wildman–Crippen MR) is 116 cm³/mol. The minimum atomic E-state index is -0.200. The molecular formula is C24H24N4O4. The van der Waals surface area contributed by atoms with Crippen LogP contribution in [-0.4, -0.2) is 34.3 Å². The Morgan fingerprint density at radius 3 is 2.84 bits per heavy atom. The van der Waals surface area contributed by atoms with E-state index >= 15 is 0 Å². The van der Waals surface area contributed by atoms with Crippen LogP contribution >= 0.6 is 0 Å². The van der Waals surface area contributed by atoms with Gasteiger partial charge in [0.15, 0.2) is 23.9 Å². The lowest BCUT2D eigenvalue weighted by Crippen LogP contribution is -2.39. The van der Waals surface area contributed by atoms with E-state index < -0.39 is 0 Å². The first kappa shape index (κ1) is 20.2. The number of carbonyl (C=O) groups excluding carboxylic acids is 1. The molecule has 8 heteroatoms. The molecule has 32 heavy (non-hydrogen) atoms. The maximum absolute atomic E-state index is 12.7. The zero-order valence-electron chi connectivity index (χ0n) is 18.0. The van der Waals surface area contributed by atoms with Crippen LogP contribution in [0.25, 0.3) is 11.4 Å². The second kappa shape index (κ2) is 8.11. The van der Waals surface area contributed by atoms with Crippen LogP contribution in [0.3, 0.4) is 0 Å². The Balaban J connectivity index is 1.30. The number of nitrogens with one attached hydrogen (secondary N) is 1. The number of pyridine rings is 1. The number of benzene rings is 1. The number of rotatable bonds is 5. The van der Waals surface area contributed by atoms with Gasteiger partial charge in [-0.1, -0.05) is 13.8 Å². The van der Waals surface area contributed by atoms with Gasteiger partial charge in [0.1, 0.15) is 5.75 Å². The third-order valence-electron chi connectivity index (χ3n) is 5.67. The van der Waals surface area contributed by atoms with Crippen molar-refractivity contribution in [1.82, 2.24) is 20.3 Å². The molecule has 1 atom stereocenters. The van der Waals surface area contributed by atoms with Crippen molar-refractivity contribution in [3.8, 4) is 28.6 Å². The van der Waals surface area contributed by atoms with Gasteiger partial charge in [0.05, 0.1) is 11.7 Å². The maximum atomic E-state index is 12.7. The first-order valence-electron chi connectivity index (χ1n) is 10.5. The summed E-state index contributed by atoms with van der Waals surface area (Å²) < 4.78 is 16.3. The van der Waals surface area contributed by atoms with Crippen molar-refractivity contribution in [2.75, 3.05) is 13.4 Å². The van der Waals surface area contributed by atoms with Crippen molar-refractivity contribution < 1.29 is 19.0 Å². The zero-order valence-corrected chi connectivity index (χ0v) is 18.0. The Kier molecular flexibility index (Phi) is 5.13. The Morgan fingerprint density at radius 2 is 2.00 bits per heavy atom. The van der Waals surface area contributed by atoms with Crippen molar-refractivity contribution in [3.63, 3.8) is 0 Å². The summed E-state index contributed by atoms with van der Waals surface area (Å²) in [5.41, 5.74) is 2.83. The standard InChI is InChI=1S/C24H24N4O4/c1-24(2)10-18(17-12-26-23(28-19(17)11-24)15-5-7-25-8-6-15)27-22(29)13-30-16-3-4-20-21(9-16)32-14-31-20/h3-9,12,18H,10-11,13-14H2,1-2H3,(H,27,29). The van der Waals surface area contributed by atoms with Gasteiger partial charge in [-0.15, -0.1) is 0 Å². The molecule has 5 rings (SSSR count). The lowest BCUT2D eigenvalue weighted by atomic mass is 9.74. The van der Waals surface area contributed by atoms with Crippen molar-refractivity contribution in [3.05, 3.63) is 60.2 Å². The normalized spacial score (nSPS) is 18.0. The minimum absolute atomic E-state index is 0.00695. The molecule has 0 saturated heterocycles. The number of carbonyl (C=O) groups is 1. The maximum Gasteiger partial charge on any atom is 0.258 e. The van der Waals surface area contributed by atoms with E-state index in [0.717, 1.165) is 29.7 Å². The van der Waals surface area contributed by atoms with Gasteiger partial charge in [-0.2, -0.15) is 0 Å². The molecule has 1 aromatic carbocycles. The van der Waals surface area contributed by atoms with Gasteiger partial charge >= 0.3 is 0 Å². The number of amides is 1. The quantitative estimate of drug-likeness (QED) is 0.659. The van der Waals surface area contributed by atoms with Crippen molar-refractivity contribution in [1.29, 1.82) is 0 Å². The number of nitrogens with zero attached hydrogens (tertiary/aromatic N) is 3. The van der Waals surface area contributed by atoms with Crippen molar-refractivity contribution >= 4 is 5.91 Å². The largest absolute Gasteiger partial charge is 0.484 e. The molecule has 0 fully saturated rings. The van der Waals surface area contributed by atoms with E-state index in [4.69, 9.17) is 19.2 Å². The Hall–Kier alpha value is -3.68. The monoisotopic (exact) mass is 432 g/mol. The number of fused-ring (bicyclic) bond motifs is 2. The van der Waals surface area contributed by atoms with Crippen LogP contribution in [0.5, 0.6) is 17.2 Å². The molecule has 1 unspecified atom stereocenters. The van der Waals surface area contributed by atoms with Gasteiger partial charge in [0.25, 0.3) is 5.91 Å². The molecule has 3 heterocycles. The fraction of sp³-hybridized carbons (Fsp3) is 0.333. The fourth-order valence-corrected chi connectivity index (χ4v) is 4.17. The lowest BCUT2D eigenvalue weighted by Gasteiger charge is -2.36. The van der Waals surface area contributed by atoms with Crippen LogP contribution in [0.15, 0.2) is 48.9 Å². The molecule has 2 aliphatic rings. The Morgan fingerprint density at radius 1 is 1.19 bits per heavy atom. The lowest BCUT2D eigenvalue weighted by molar-refractivity contribution is -0.124. The summed E-state index contributed by atoms with van der Waals surface area (Å²) in [6.07, 6.45) is 6.91. The Bertz CT molecular complexity index is 1150. The highest BCUT2D eigenvalue weighted by molar-refractivity contribution is 5.78. The van der Waals surface area contributed by atoms with Gasteiger partial charge in [0, 0.05) is 35.8 Å². The highest BCUT2D eigenvalue weighted by atomic mass is 16.7. The number of hydrogen-bond donors (Lipinski definition) is 1. The number of ether oxygens (including phenoxy) is 3. The number of aromatic nitrogens is 3. The topological polar surface area (TPSA) is 95.5 Å². The van der Waals surface area contributed by atoms with Gasteiger partial charge in [-0.25, -0.2) is 9.97 Å². The van der Waals surface area contributed by atoms with Crippen LogP contribution in [0.1, 0.15) is 37.6 Å². The summed E-state index contributed by atoms with van der Waals surface area (Å²) in [4.78, 5) is 26.1. The first-order chi connectivity index (χ1) is 15.5. The average molecular weight is 432 g/mol. The van der Waals surface area contributed by atoms with Gasteiger partial charge in [-0.05, 0) is 42.5 Å². The molecule has 0 bridgehead atoms. The molecule has 8 nitrogen and oxygen atoms in total. The van der Waals surface area contributed by atoms with E-state index in [1.807, 2.05) is 18.3 Å². The fourth-order valence-electron chi connectivity index (χ4n) is 4.17. The molecule has 0 radical (unpaired) electrons. The SMILES string of the molecule is CC1(C)Cc2nc(-c3ccncc3)ncc2C(NC(=O)COc2ccc3c(c2)OCO3)C1. The molecule has 1 N–H and O–H groups in total. The second-order valence-corrected chi connectivity index (χ2v) is 8.80. The summed E-state index contributed by atoms with van der Waals surface area (Å²) in [6, 6.07) is 8.86. The predicted octanol–water partition coefficient (Wildman–Crippen LogP) is 3.48. The van der Waals surface area contributed by atoms with E-state index in [0.29, 0.717) is 23.1 Å². The summed E-state index contributed by atoms with van der Waals surface area (Å²) in [5.74, 6) is 2.32. The Labute approximate surface area is 186 Å². The van der Waals surface area contributed by atoms with E-state index in [9.17, 15) is 4.79 Å². The van der Waals surface area contributed by atoms with Crippen LogP contribution < -0.4 is 19.5 Å². The summed E-state index contributed by atoms with van der Waals surface area (Å²) in [5, 5.41) is 3.10. The van der Waals surface area contributed by atoms with Gasteiger partial charge in [-0.3, -0.25) is 9.78 Å². The smallest absolute Gasteiger partial charge is 0.258 e. The molecule has 0 spiro atoms. The molecule has 1 amide bonds. The first-order valence-corrected chi connectivity index (χ1v) is 10.5. The van der Waals surface area contributed by atoms with Gasteiger partial charge < -0.3 is 19.5 Å².